The van der Waals surface area contributed by atoms with Gasteiger partial charge in [0.1, 0.15) is 0 Å². The Bertz CT molecular complexity index is 3450. The molecule has 1 aliphatic carbocycles. The first-order valence-electron chi connectivity index (χ1n) is 23.3. The van der Waals surface area contributed by atoms with Crippen LogP contribution in [0.4, 0.5) is 0 Å². The summed E-state index contributed by atoms with van der Waals surface area (Å²) in [7, 11) is 0. The predicted octanol–water partition coefficient (Wildman–Crippen LogP) is 18.0. The van der Waals surface area contributed by atoms with E-state index in [2.05, 4.69) is 263 Å². The molecule has 0 radical (unpaired) electrons. The highest BCUT2D eigenvalue weighted by Gasteiger charge is 2.47. The van der Waals surface area contributed by atoms with Crippen molar-refractivity contribution < 1.29 is 0 Å². The van der Waals surface area contributed by atoms with E-state index in [4.69, 9.17) is 0 Å². The first-order valence-corrected chi connectivity index (χ1v) is 23.3. The summed E-state index contributed by atoms with van der Waals surface area (Å²) in [5, 5.41) is 5.03. The van der Waals surface area contributed by atoms with E-state index in [1.165, 1.54) is 116 Å². The van der Waals surface area contributed by atoms with Crippen LogP contribution in [0.2, 0.25) is 0 Å². The van der Waals surface area contributed by atoms with Crippen molar-refractivity contribution in [1.82, 2.24) is 0 Å². The molecule has 0 bridgehead atoms. The van der Waals surface area contributed by atoms with Crippen molar-refractivity contribution in [3.05, 3.63) is 265 Å². The summed E-state index contributed by atoms with van der Waals surface area (Å²) < 4.78 is 0. The van der Waals surface area contributed by atoms with E-state index in [1.54, 1.807) is 0 Å². The van der Waals surface area contributed by atoms with Crippen LogP contribution < -0.4 is 0 Å². The number of fused-ring (bicyclic) bond motifs is 5. The Hall–Kier alpha value is -8.06. The van der Waals surface area contributed by atoms with Crippen LogP contribution in [0.15, 0.2) is 249 Å². The summed E-state index contributed by atoms with van der Waals surface area (Å²) in [6.45, 7) is 4.80. The van der Waals surface area contributed by atoms with E-state index in [0.29, 0.717) is 5.92 Å². The fourth-order valence-corrected chi connectivity index (χ4v) is 11.3. The van der Waals surface area contributed by atoms with Crippen molar-refractivity contribution in [3.8, 4) is 77.9 Å². The molecule has 1 unspecified atom stereocenters. The van der Waals surface area contributed by atoms with Crippen molar-refractivity contribution in [1.29, 1.82) is 0 Å². The molecule has 0 heteroatoms. The highest BCUT2D eigenvalue weighted by Crippen LogP contribution is 2.57. The molecule has 0 nitrogen and oxygen atoms in total. The molecule has 0 aliphatic heterocycles. The minimum Gasteiger partial charge on any atom is -0.0622 e. The molecular weight excluding hydrogens is 793 g/mol. The molecule has 0 spiro atoms. The Morgan fingerprint density at radius 1 is 0.258 bits per heavy atom. The van der Waals surface area contributed by atoms with Gasteiger partial charge in [0.15, 0.2) is 0 Å². The van der Waals surface area contributed by atoms with Crippen LogP contribution >= 0.6 is 0 Å². The minimum atomic E-state index is -0.326. The lowest BCUT2D eigenvalue weighted by molar-refractivity contribution is 0.447. The Labute approximate surface area is 388 Å². The summed E-state index contributed by atoms with van der Waals surface area (Å²) in [5.74, 6) is 0.294. The van der Waals surface area contributed by atoms with Gasteiger partial charge >= 0.3 is 0 Å². The molecule has 0 saturated heterocycles. The fourth-order valence-electron chi connectivity index (χ4n) is 11.3. The molecule has 312 valence electrons. The molecular formula is C66H48. The van der Waals surface area contributed by atoms with Gasteiger partial charge in [-0.15, -0.1) is 0 Å². The van der Waals surface area contributed by atoms with Gasteiger partial charge in [-0.25, -0.2) is 0 Å². The lowest BCUT2D eigenvalue weighted by Gasteiger charge is -2.37. The third kappa shape index (κ3) is 6.44. The van der Waals surface area contributed by atoms with Gasteiger partial charge in [-0.05, 0) is 146 Å². The maximum Gasteiger partial charge on any atom is 0.0486 e. The molecule has 0 amide bonds. The lowest BCUT2D eigenvalue weighted by atomic mass is 9.65. The molecule has 11 aromatic rings. The van der Waals surface area contributed by atoms with E-state index >= 15 is 0 Å². The van der Waals surface area contributed by atoms with Crippen LogP contribution in [-0.2, 0) is 5.41 Å². The van der Waals surface area contributed by atoms with E-state index in [1.807, 2.05) is 0 Å². The fraction of sp³-hybridized carbons (Fsp3) is 0.0606. The number of benzene rings is 11. The monoisotopic (exact) mass is 840 g/mol. The van der Waals surface area contributed by atoms with Gasteiger partial charge in [-0.1, -0.05) is 238 Å². The molecule has 11 aromatic carbocycles. The van der Waals surface area contributed by atoms with Crippen molar-refractivity contribution in [2.45, 2.75) is 19.3 Å². The normalized spacial score (nSPS) is 14.1. The van der Waals surface area contributed by atoms with Gasteiger partial charge in [-0.2, -0.15) is 0 Å². The number of rotatable bonds is 8. The molecule has 12 rings (SSSR count). The van der Waals surface area contributed by atoms with E-state index in [0.717, 1.165) is 0 Å². The molecule has 0 N–H and O–H groups in total. The second-order valence-electron chi connectivity index (χ2n) is 18.2. The molecule has 0 heterocycles. The maximum absolute atomic E-state index is 2.54. The van der Waals surface area contributed by atoms with Crippen LogP contribution in [0.25, 0.3) is 99.4 Å². The average molecular weight is 841 g/mol. The molecule has 0 aromatic heterocycles. The molecule has 0 fully saturated rings. The zero-order valence-corrected chi connectivity index (χ0v) is 37.2. The second-order valence-corrected chi connectivity index (χ2v) is 18.2. The van der Waals surface area contributed by atoms with Gasteiger partial charge in [0.25, 0.3) is 0 Å². The summed E-state index contributed by atoms with van der Waals surface area (Å²) in [4.78, 5) is 0. The maximum atomic E-state index is 2.54. The van der Waals surface area contributed by atoms with Crippen molar-refractivity contribution in [2.75, 3.05) is 0 Å². The smallest absolute Gasteiger partial charge is 0.0486 e. The van der Waals surface area contributed by atoms with Crippen LogP contribution in [0, 0.1) is 5.92 Å². The highest BCUT2D eigenvalue weighted by molar-refractivity contribution is 6.21. The largest absolute Gasteiger partial charge is 0.0622 e. The topological polar surface area (TPSA) is 0 Å². The quantitative estimate of drug-likeness (QED) is 0.134. The van der Waals surface area contributed by atoms with Crippen LogP contribution in [0.5, 0.6) is 0 Å². The highest BCUT2D eigenvalue weighted by atomic mass is 14.5. The van der Waals surface area contributed by atoms with E-state index in [-0.39, 0.29) is 5.41 Å². The minimum absolute atomic E-state index is 0.294. The summed E-state index contributed by atoms with van der Waals surface area (Å²) in [6.07, 6.45) is 0. The van der Waals surface area contributed by atoms with Gasteiger partial charge in [0.2, 0.25) is 0 Å². The third-order valence-corrected chi connectivity index (χ3v) is 14.3. The number of hydrogen-bond donors (Lipinski definition) is 0. The van der Waals surface area contributed by atoms with Crippen LogP contribution in [0.3, 0.4) is 0 Å². The Morgan fingerprint density at radius 2 is 0.606 bits per heavy atom. The summed E-state index contributed by atoms with van der Waals surface area (Å²) in [6, 6.07) is 92.3. The van der Waals surface area contributed by atoms with E-state index in [9.17, 15) is 0 Å². The SMILES string of the molecule is CC(C)C1(c2ccc(-c3ccccc3)cc2)c2ccccc2-c2ccc(-c3c4ccccc4c(-c4ccc(-c5cc(-c6ccccc6)cc(-c6ccccc6)c5)cc4)c4ccccc34)cc21. The molecule has 1 aliphatic rings. The summed E-state index contributed by atoms with van der Waals surface area (Å²) in [5.41, 5.74) is 21.2. The van der Waals surface area contributed by atoms with Crippen molar-refractivity contribution in [2.24, 2.45) is 5.92 Å². The predicted molar refractivity (Wildman–Crippen MR) is 281 cm³/mol. The first kappa shape index (κ1) is 39.5. The van der Waals surface area contributed by atoms with Gasteiger partial charge in [0, 0.05) is 5.41 Å². The molecule has 1 atom stereocenters. The Morgan fingerprint density at radius 3 is 1.11 bits per heavy atom. The van der Waals surface area contributed by atoms with Crippen molar-refractivity contribution in [3.63, 3.8) is 0 Å². The standard InChI is InChI=1S/C66H48/c1-44(2)66(55-37-34-48(35-38-55)45-18-6-3-7-19-45)62-29-17-16-24-56(62)57-39-36-51(43-63(57)66)65-60-27-14-12-25-58(60)64(59-26-13-15-28-61(59)65)50-32-30-49(31-33-50)54-41-52(46-20-8-4-9-21-46)40-53(42-54)47-22-10-5-11-23-47/h3-44H,1-2H3. The Balaban J connectivity index is 1.01. The van der Waals surface area contributed by atoms with Gasteiger partial charge in [-0.3, -0.25) is 0 Å². The zero-order chi connectivity index (χ0) is 44.2. The lowest BCUT2D eigenvalue weighted by Crippen LogP contribution is -2.33. The molecule has 0 saturated carbocycles. The zero-order valence-electron chi connectivity index (χ0n) is 37.2. The van der Waals surface area contributed by atoms with Crippen molar-refractivity contribution >= 4 is 21.5 Å². The van der Waals surface area contributed by atoms with Gasteiger partial charge in [0.05, 0.1) is 0 Å². The van der Waals surface area contributed by atoms with E-state index < -0.39 is 0 Å². The third-order valence-electron chi connectivity index (χ3n) is 14.3. The Kier molecular flexibility index (Phi) is 9.69. The number of hydrogen-bond acceptors (Lipinski definition) is 0. The first-order chi connectivity index (χ1) is 32.6. The second kappa shape index (κ2) is 16.2. The summed E-state index contributed by atoms with van der Waals surface area (Å²) >= 11 is 0. The average Bonchev–Trinajstić information content (AvgIpc) is 3.69. The molecule has 66 heavy (non-hydrogen) atoms. The van der Waals surface area contributed by atoms with Crippen LogP contribution in [0.1, 0.15) is 30.5 Å². The van der Waals surface area contributed by atoms with Gasteiger partial charge < -0.3 is 0 Å². The van der Waals surface area contributed by atoms with Crippen LogP contribution in [-0.4, -0.2) is 0 Å².